The lowest BCUT2D eigenvalue weighted by Gasteiger charge is -2.10. The molecule has 0 spiro atoms. The summed E-state index contributed by atoms with van der Waals surface area (Å²) in [6.45, 7) is 1.70. The first kappa shape index (κ1) is 14.4. The third-order valence-corrected chi connectivity index (χ3v) is 2.85. The van der Waals surface area contributed by atoms with Gasteiger partial charge in [0.05, 0.1) is 11.0 Å². The van der Waals surface area contributed by atoms with E-state index in [9.17, 15) is 14.5 Å². The number of hydrogen-bond acceptors (Lipinski definition) is 4. The first-order valence-electron chi connectivity index (χ1n) is 5.95. The zero-order chi connectivity index (χ0) is 15.6. The largest absolute Gasteiger partial charge is 0.454 e. The maximum Gasteiger partial charge on any atom is 0.273 e. The average molecular weight is 289 g/mol. The fourth-order valence-electron chi connectivity index (χ4n) is 1.68. The van der Waals surface area contributed by atoms with E-state index < -0.39 is 10.7 Å². The van der Waals surface area contributed by atoms with Gasteiger partial charge in [0.1, 0.15) is 11.6 Å². The van der Waals surface area contributed by atoms with E-state index in [1.165, 1.54) is 30.3 Å². The molecule has 3 N–H and O–H groups in total. The van der Waals surface area contributed by atoms with E-state index in [2.05, 4.69) is 0 Å². The molecule has 0 aromatic heterocycles. The van der Waals surface area contributed by atoms with E-state index in [0.29, 0.717) is 5.56 Å². The number of amidine groups is 1. The monoisotopic (exact) mass is 289 g/mol. The van der Waals surface area contributed by atoms with E-state index in [1.54, 1.807) is 6.92 Å². The number of rotatable bonds is 4. The Balaban J connectivity index is 2.36. The van der Waals surface area contributed by atoms with Gasteiger partial charge in [-0.3, -0.25) is 15.5 Å². The molecule has 0 aliphatic carbocycles. The number of nitrogens with one attached hydrogen (secondary N) is 1. The fraction of sp³-hybridized carbons (Fsp3) is 0.0714. The van der Waals surface area contributed by atoms with Crippen LogP contribution in [-0.2, 0) is 0 Å². The van der Waals surface area contributed by atoms with Crippen LogP contribution in [0.25, 0.3) is 0 Å². The van der Waals surface area contributed by atoms with Crippen LogP contribution in [0, 0.1) is 28.3 Å². The van der Waals surface area contributed by atoms with Crippen LogP contribution in [0.1, 0.15) is 11.1 Å². The highest BCUT2D eigenvalue weighted by molar-refractivity contribution is 5.95. The summed E-state index contributed by atoms with van der Waals surface area (Å²) >= 11 is 0. The van der Waals surface area contributed by atoms with Crippen LogP contribution in [0.5, 0.6) is 11.5 Å². The SMILES string of the molecule is Cc1ccc([N+](=O)[O-])cc1Oc1ccc(C(=N)N)cc1F. The van der Waals surface area contributed by atoms with Crippen LogP contribution in [0.15, 0.2) is 36.4 Å². The topological polar surface area (TPSA) is 102 Å². The second-order valence-corrected chi connectivity index (χ2v) is 4.37. The third kappa shape index (κ3) is 3.14. The van der Waals surface area contributed by atoms with Gasteiger partial charge in [0.25, 0.3) is 5.69 Å². The van der Waals surface area contributed by atoms with Crippen molar-refractivity contribution < 1.29 is 14.1 Å². The summed E-state index contributed by atoms with van der Waals surface area (Å²) in [5, 5.41) is 18.0. The summed E-state index contributed by atoms with van der Waals surface area (Å²) in [4.78, 5) is 10.2. The Kier molecular flexibility index (Phi) is 3.84. The van der Waals surface area contributed by atoms with E-state index in [-0.39, 0.29) is 28.6 Å². The van der Waals surface area contributed by atoms with Crippen molar-refractivity contribution in [2.45, 2.75) is 6.92 Å². The van der Waals surface area contributed by atoms with Crippen LogP contribution in [0.2, 0.25) is 0 Å². The minimum Gasteiger partial charge on any atom is -0.454 e. The van der Waals surface area contributed by atoms with Crippen molar-refractivity contribution in [3.8, 4) is 11.5 Å². The standard InChI is InChI=1S/C14H12FN3O3/c1-8-2-4-10(18(19)20)7-13(8)21-12-5-3-9(14(16)17)6-11(12)15/h2-7H,1H3,(H3,16,17). The van der Waals surface area contributed by atoms with Gasteiger partial charge in [-0.15, -0.1) is 0 Å². The number of benzene rings is 2. The Morgan fingerprint density at radius 1 is 1.29 bits per heavy atom. The van der Waals surface area contributed by atoms with Crippen molar-refractivity contribution in [1.29, 1.82) is 5.41 Å². The summed E-state index contributed by atoms with van der Waals surface area (Å²) in [6.07, 6.45) is 0. The molecule has 0 amide bonds. The van der Waals surface area contributed by atoms with Gasteiger partial charge in [0.2, 0.25) is 0 Å². The van der Waals surface area contributed by atoms with Crippen LogP contribution in [0.3, 0.4) is 0 Å². The van der Waals surface area contributed by atoms with Gasteiger partial charge in [0.15, 0.2) is 11.6 Å². The molecular formula is C14H12FN3O3. The number of non-ortho nitro benzene ring substituents is 1. The second-order valence-electron chi connectivity index (χ2n) is 4.37. The van der Waals surface area contributed by atoms with E-state index in [1.807, 2.05) is 0 Å². The summed E-state index contributed by atoms with van der Waals surface area (Å²) in [5.41, 5.74) is 5.99. The van der Waals surface area contributed by atoms with Crippen LogP contribution >= 0.6 is 0 Å². The van der Waals surface area contributed by atoms with Crippen molar-refractivity contribution in [2.24, 2.45) is 5.73 Å². The van der Waals surface area contributed by atoms with E-state index >= 15 is 0 Å². The Labute approximate surface area is 119 Å². The summed E-state index contributed by atoms with van der Waals surface area (Å²) in [5.74, 6) is -0.858. The van der Waals surface area contributed by atoms with Crippen molar-refractivity contribution in [3.05, 3.63) is 63.5 Å². The maximum atomic E-state index is 13.9. The van der Waals surface area contributed by atoms with Gasteiger partial charge in [-0.1, -0.05) is 0 Å². The van der Waals surface area contributed by atoms with Gasteiger partial charge in [-0.2, -0.15) is 0 Å². The lowest BCUT2D eigenvalue weighted by molar-refractivity contribution is -0.384. The van der Waals surface area contributed by atoms with E-state index in [4.69, 9.17) is 15.9 Å². The summed E-state index contributed by atoms with van der Waals surface area (Å²) < 4.78 is 19.3. The highest BCUT2D eigenvalue weighted by Crippen LogP contribution is 2.30. The first-order valence-corrected chi connectivity index (χ1v) is 5.95. The Morgan fingerprint density at radius 3 is 2.57 bits per heavy atom. The number of nitrogen functional groups attached to an aromatic ring is 1. The van der Waals surface area contributed by atoms with Gasteiger partial charge in [0, 0.05) is 11.6 Å². The molecule has 108 valence electrons. The zero-order valence-electron chi connectivity index (χ0n) is 11.1. The Bertz CT molecular complexity index is 731. The summed E-state index contributed by atoms with van der Waals surface area (Å²) in [7, 11) is 0. The predicted octanol–water partition coefficient (Wildman–Crippen LogP) is 3.12. The van der Waals surface area contributed by atoms with Gasteiger partial charge >= 0.3 is 0 Å². The molecule has 0 aliphatic rings. The predicted molar refractivity (Wildman–Crippen MR) is 75.3 cm³/mol. The quantitative estimate of drug-likeness (QED) is 0.390. The van der Waals surface area contributed by atoms with Gasteiger partial charge in [-0.25, -0.2) is 4.39 Å². The molecular weight excluding hydrogens is 277 g/mol. The van der Waals surface area contributed by atoms with Gasteiger partial charge < -0.3 is 10.5 Å². The van der Waals surface area contributed by atoms with Crippen LogP contribution in [0.4, 0.5) is 10.1 Å². The normalized spacial score (nSPS) is 10.2. The number of ether oxygens (including phenoxy) is 1. The zero-order valence-corrected chi connectivity index (χ0v) is 11.1. The Hall–Kier alpha value is -2.96. The molecule has 0 saturated heterocycles. The Morgan fingerprint density at radius 2 is 2.00 bits per heavy atom. The molecule has 2 aromatic rings. The number of nitro groups is 1. The van der Waals surface area contributed by atoms with Gasteiger partial charge in [-0.05, 0) is 36.8 Å². The molecule has 0 saturated carbocycles. The molecule has 7 heteroatoms. The fourth-order valence-corrected chi connectivity index (χ4v) is 1.68. The number of halogens is 1. The molecule has 0 bridgehead atoms. The average Bonchev–Trinajstić information content (AvgIpc) is 2.42. The maximum absolute atomic E-state index is 13.9. The van der Waals surface area contributed by atoms with Crippen molar-refractivity contribution in [2.75, 3.05) is 0 Å². The van der Waals surface area contributed by atoms with Crippen LogP contribution in [-0.4, -0.2) is 10.8 Å². The third-order valence-electron chi connectivity index (χ3n) is 2.85. The molecule has 2 aromatic carbocycles. The minimum atomic E-state index is -0.700. The molecule has 0 aliphatic heterocycles. The lowest BCUT2D eigenvalue weighted by atomic mass is 10.2. The number of nitro benzene ring substituents is 1. The van der Waals surface area contributed by atoms with Crippen molar-refractivity contribution in [3.63, 3.8) is 0 Å². The number of nitrogens with zero attached hydrogens (tertiary/aromatic N) is 1. The molecule has 2 rings (SSSR count). The molecule has 0 atom stereocenters. The minimum absolute atomic E-state index is 0.0939. The molecule has 6 nitrogen and oxygen atoms in total. The molecule has 0 heterocycles. The number of aryl methyl sites for hydroxylation is 1. The summed E-state index contributed by atoms with van der Waals surface area (Å²) in [6, 6.07) is 7.93. The molecule has 21 heavy (non-hydrogen) atoms. The van der Waals surface area contributed by atoms with Crippen LogP contribution < -0.4 is 10.5 Å². The second kappa shape index (κ2) is 5.58. The number of nitrogens with two attached hydrogens (primary N) is 1. The van der Waals surface area contributed by atoms with Crippen molar-refractivity contribution in [1.82, 2.24) is 0 Å². The molecule has 0 fully saturated rings. The lowest BCUT2D eigenvalue weighted by Crippen LogP contribution is -2.11. The highest BCUT2D eigenvalue weighted by Gasteiger charge is 2.13. The number of hydrogen-bond donors (Lipinski definition) is 2. The highest BCUT2D eigenvalue weighted by atomic mass is 19.1. The molecule has 0 radical (unpaired) electrons. The smallest absolute Gasteiger partial charge is 0.273 e. The van der Waals surface area contributed by atoms with E-state index in [0.717, 1.165) is 6.07 Å². The first-order chi connectivity index (χ1) is 9.88. The van der Waals surface area contributed by atoms with Crippen molar-refractivity contribution >= 4 is 11.5 Å². The molecule has 0 unspecified atom stereocenters.